The zero-order valence-electron chi connectivity index (χ0n) is 10.5. The van der Waals surface area contributed by atoms with Gasteiger partial charge >= 0.3 is 0 Å². The minimum atomic E-state index is -0.368. The van der Waals surface area contributed by atoms with Crippen LogP contribution in [0.1, 0.15) is 21.3 Å². The van der Waals surface area contributed by atoms with E-state index >= 15 is 0 Å². The molecule has 0 saturated heterocycles. The Kier molecular flexibility index (Phi) is 4.88. The second-order valence-electron chi connectivity index (χ2n) is 4.25. The molecule has 20 heavy (non-hydrogen) atoms. The average Bonchev–Trinajstić information content (AvgIpc) is 2.47. The molecule has 0 fully saturated rings. The van der Waals surface area contributed by atoms with Crippen LogP contribution >= 0.6 is 23.2 Å². The molecule has 2 aromatic carbocycles. The molecular formula is C15H13Cl2NO2. The maximum Gasteiger partial charge on any atom is 0.252 e. The van der Waals surface area contributed by atoms with E-state index in [2.05, 4.69) is 5.32 Å². The van der Waals surface area contributed by atoms with Gasteiger partial charge in [0.25, 0.3) is 5.91 Å². The van der Waals surface area contributed by atoms with E-state index in [0.29, 0.717) is 0 Å². The molecule has 2 N–H and O–H groups in total. The lowest BCUT2D eigenvalue weighted by atomic mass is 10.1. The number of carbonyl (C=O) groups is 1. The third-order valence-corrected chi connectivity index (χ3v) is 3.53. The van der Waals surface area contributed by atoms with Crippen molar-refractivity contribution in [3.63, 3.8) is 0 Å². The molecule has 2 rings (SSSR count). The summed E-state index contributed by atoms with van der Waals surface area (Å²) in [6.07, 6.45) is 0. The first-order chi connectivity index (χ1) is 9.58. The van der Waals surface area contributed by atoms with Gasteiger partial charge in [0.15, 0.2) is 0 Å². The molecule has 2 aromatic rings. The second-order valence-corrected chi connectivity index (χ2v) is 5.19. The van der Waals surface area contributed by atoms with Crippen molar-refractivity contribution >= 4 is 29.1 Å². The molecule has 0 spiro atoms. The first kappa shape index (κ1) is 14.7. The number of carbonyl (C=O) groups excluding carboxylic acids is 1. The Labute approximate surface area is 127 Å². The topological polar surface area (TPSA) is 49.3 Å². The summed E-state index contributed by atoms with van der Waals surface area (Å²) in [5.74, 6) is -0.377. The highest BCUT2D eigenvalue weighted by Crippen LogP contribution is 2.22. The Morgan fingerprint density at radius 2 is 1.90 bits per heavy atom. The van der Waals surface area contributed by atoms with Crippen molar-refractivity contribution in [2.75, 3.05) is 6.54 Å². The van der Waals surface area contributed by atoms with Crippen LogP contribution in [0.4, 0.5) is 0 Å². The van der Waals surface area contributed by atoms with E-state index in [1.165, 1.54) is 18.2 Å². The molecule has 1 unspecified atom stereocenters. The van der Waals surface area contributed by atoms with Crippen molar-refractivity contribution in [1.29, 1.82) is 0 Å². The second kappa shape index (κ2) is 6.64. The fourth-order valence-corrected chi connectivity index (χ4v) is 2.17. The molecule has 3 nitrogen and oxygen atoms in total. The van der Waals surface area contributed by atoms with E-state index in [-0.39, 0.29) is 34.2 Å². The molecule has 104 valence electrons. The number of phenolic OH excluding ortho intramolecular Hbond substituents is 1. The first-order valence-electron chi connectivity index (χ1n) is 6.03. The number of phenols is 1. The smallest absolute Gasteiger partial charge is 0.252 e. The van der Waals surface area contributed by atoms with Crippen LogP contribution in [-0.2, 0) is 0 Å². The highest BCUT2D eigenvalue weighted by atomic mass is 35.5. The van der Waals surface area contributed by atoms with E-state index in [1.54, 1.807) is 0 Å². The zero-order valence-corrected chi connectivity index (χ0v) is 12.0. The minimum Gasteiger partial charge on any atom is -0.508 e. The standard InChI is InChI=1S/C15H13Cl2NO2/c16-13-7-6-11(19)8-12(13)15(20)18-9-14(17)10-4-2-1-3-5-10/h1-8,14,19H,9H2,(H,18,20). The predicted octanol–water partition coefficient (Wildman–Crippen LogP) is 3.76. The van der Waals surface area contributed by atoms with Crippen molar-refractivity contribution in [2.24, 2.45) is 0 Å². The molecule has 0 aliphatic carbocycles. The molecule has 0 saturated carbocycles. The van der Waals surface area contributed by atoms with Crippen LogP contribution in [0.25, 0.3) is 0 Å². The average molecular weight is 310 g/mol. The highest BCUT2D eigenvalue weighted by Gasteiger charge is 2.13. The lowest BCUT2D eigenvalue weighted by Crippen LogP contribution is -2.27. The van der Waals surface area contributed by atoms with Crippen molar-refractivity contribution in [1.82, 2.24) is 5.32 Å². The minimum absolute atomic E-state index is 0.00923. The Balaban J connectivity index is 2.00. The number of hydrogen-bond acceptors (Lipinski definition) is 2. The molecule has 5 heteroatoms. The lowest BCUT2D eigenvalue weighted by molar-refractivity contribution is 0.0953. The summed E-state index contributed by atoms with van der Waals surface area (Å²) in [7, 11) is 0. The largest absolute Gasteiger partial charge is 0.508 e. The fraction of sp³-hybridized carbons (Fsp3) is 0.133. The predicted molar refractivity (Wildman–Crippen MR) is 80.5 cm³/mol. The van der Waals surface area contributed by atoms with Gasteiger partial charge < -0.3 is 10.4 Å². The van der Waals surface area contributed by atoms with E-state index in [4.69, 9.17) is 23.2 Å². The van der Waals surface area contributed by atoms with E-state index in [1.807, 2.05) is 30.3 Å². The van der Waals surface area contributed by atoms with Crippen LogP contribution in [0, 0.1) is 0 Å². The van der Waals surface area contributed by atoms with Crippen molar-refractivity contribution < 1.29 is 9.90 Å². The van der Waals surface area contributed by atoms with Gasteiger partial charge in [0.05, 0.1) is 16.0 Å². The third kappa shape index (κ3) is 3.65. The summed E-state index contributed by atoms with van der Waals surface area (Å²) < 4.78 is 0. The van der Waals surface area contributed by atoms with E-state index in [0.717, 1.165) is 5.56 Å². The normalized spacial score (nSPS) is 11.9. The molecule has 0 aliphatic rings. The Morgan fingerprint density at radius 3 is 2.60 bits per heavy atom. The molecule has 0 aromatic heterocycles. The molecule has 0 aliphatic heterocycles. The van der Waals surface area contributed by atoms with Crippen molar-refractivity contribution in [3.05, 3.63) is 64.7 Å². The van der Waals surface area contributed by atoms with Crippen molar-refractivity contribution in [2.45, 2.75) is 5.38 Å². The molecule has 0 radical (unpaired) electrons. The number of amides is 1. The summed E-state index contributed by atoms with van der Waals surface area (Å²) in [5, 5.41) is 12.0. The Morgan fingerprint density at radius 1 is 1.20 bits per heavy atom. The number of hydrogen-bond donors (Lipinski definition) is 2. The van der Waals surface area contributed by atoms with Gasteiger partial charge in [0.1, 0.15) is 5.75 Å². The molecule has 1 amide bonds. The van der Waals surface area contributed by atoms with Gasteiger partial charge in [-0.05, 0) is 23.8 Å². The van der Waals surface area contributed by atoms with Gasteiger partial charge in [0.2, 0.25) is 0 Å². The summed E-state index contributed by atoms with van der Waals surface area (Å²) in [4.78, 5) is 12.0. The van der Waals surface area contributed by atoms with Gasteiger partial charge in [-0.3, -0.25) is 4.79 Å². The number of nitrogens with one attached hydrogen (secondary N) is 1. The quantitative estimate of drug-likeness (QED) is 0.845. The van der Waals surface area contributed by atoms with Crippen LogP contribution in [0.15, 0.2) is 48.5 Å². The maximum atomic E-state index is 12.0. The van der Waals surface area contributed by atoms with Gasteiger partial charge in [-0.1, -0.05) is 41.9 Å². The third-order valence-electron chi connectivity index (χ3n) is 2.80. The molecule has 1 atom stereocenters. The monoisotopic (exact) mass is 309 g/mol. The van der Waals surface area contributed by atoms with E-state index < -0.39 is 0 Å². The fourth-order valence-electron chi connectivity index (χ4n) is 1.74. The van der Waals surface area contributed by atoms with Crippen LogP contribution in [0.3, 0.4) is 0 Å². The number of rotatable bonds is 4. The summed E-state index contributed by atoms with van der Waals surface area (Å²) in [5.41, 5.74) is 1.15. The van der Waals surface area contributed by atoms with Gasteiger partial charge in [0, 0.05) is 6.54 Å². The van der Waals surface area contributed by atoms with Gasteiger partial charge in [-0.2, -0.15) is 0 Å². The number of benzene rings is 2. The van der Waals surface area contributed by atoms with Crippen LogP contribution < -0.4 is 5.32 Å². The number of halogens is 2. The molecule has 0 heterocycles. The lowest BCUT2D eigenvalue weighted by Gasteiger charge is -2.12. The van der Waals surface area contributed by atoms with Gasteiger partial charge in [-0.25, -0.2) is 0 Å². The van der Waals surface area contributed by atoms with E-state index in [9.17, 15) is 9.90 Å². The van der Waals surface area contributed by atoms with Crippen LogP contribution in [0.2, 0.25) is 5.02 Å². The SMILES string of the molecule is O=C(NCC(Cl)c1ccccc1)c1cc(O)ccc1Cl. The maximum absolute atomic E-state index is 12.0. The Hall–Kier alpha value is -1.71. The highest BCUT2D eigenvalue weighted by molar-refractivity contribution is 6.33. The summed E-state index contributed by atoms with van der Waals surface area (Å²) >= 11 is 12.1. The van der Waals surface area contributed by atoms with Crippen LogP contribution in [-0.4, -0.2) is 17.6 Å². The number of alkyl halides is 1. The molecular weight excluding hydrogens is 297 g/mol. The zero-order chi connectivity index (χ0) is 14.5. The number of aromatic hydroxyl groups is 1. The summed E-state index contributed by atoms with van der Waals surface area (Å²) in [6, 6.07) is 13.7. The van der Waals surface area contributed by atoms with Gasteiger partial charge in [-0.15, -0.1) is 11.6 Å². The Bertz CT molecular complexity index is 602. The van der Waals surface area contributed by atoms with Crippen LogP contribution in [0.5, 0.6) is 5.75 Å². The summed E-state index contributed by atoms with van der Waals surface area (Å²) in [6.45, 7) is 0.274. The van der Waals surface area contributed by atoms with Crippen molar-refractivity contribution in [3.8, 4) is 5.75 Å². The first-order valence-corrected chi connectivity index (χ1v) is 6.85. The molecule has 0 bridgehead atoms.